The Hall–Kier alpha value is -3.08. The standard InChI is InChI=1S/C21H21N3O2/c1-26-18-5-2-4-17(14-18)20-6-3-13-24(20)21(25)16-9-7-15(8-10-16)19-11-12-22-23-19/h2,4-5,7-12,14,20H,3,6,13H2,1H3,(H,22,23). The zero-order valence-electron chi connectivity index (χ0n) is 14.7. The molecule has 1 N–H and O–H groups in total. The maximum absolute atomic E-state index is 13.1. The van der Waals surface area contributed by atoms with Crippen LogP contribution in [0, 0.1) is 0 Å². The van der Waals surface area contributed by atoms with Gasteiger partial charge in [0.15, 0.2) is 0 Å². The molecule has 1 unspecified atom stereocenters. The molecular weight excluding hydrogens is 326 g/mol. The predicted octanol–water partition coefficient (Wildman–Crippen LogP) is 4.06. The second kappa shape index (κ2) is 7.04. The molecule has 4 rings (SSSR count). The molecule has 1 amide bonds. The molecule has 5 heteroatoms. The minimum atomic E-state index is 0.0754. The molecule has 0 spiro atoms. The molecule has 1 fully saturated rings. The van der Waals surface area contributed by atoms with Crippen LogP contribution in [-0.2, 0) is 0 Å². The van der Waals surface area contributed by atoms with Gasteiger partial charge in [-0.25, -0.2) is 0 Å². The van der Waals surface area contributed by atoms with Gasteiger partial charge < -0.3 is 9.64 Å². The van der Waals surface area contributed by atoms with Crippen LogP contribution in [0.4, 0.5) is 0 Å². The van der Waals surface area contributed by atoms with Crippen LogP contribution in [0.3, 0.4) is 0 Å². The minimum absolute atomic E-state index is 0.0754. The number of rotatable bonds is 4. The Morgan fingerprint density at radius 1 is 1.19 bits per heavy atom. The highest BCUT2D eigenvalue weighted by Gasteiger charge is 2.30. The van der Waals surface area contributed by atoms with E-state index < -0.39 is 0 Å². The van der Waals surface area contributed by atoms with Crippen molar-refractivity contribution in [3.8, 4) is 17.0 Å². The van der Waals surface area contributed by atoms with Gasteiger partial charge in [-0.2, -0.15) is 5.10 Å². The number of hydrogen-bond acceptors (Lipinski definition) is 3. The molecule has 2 aromatic carbocycles. The summed E-state index contributed by atoms with van der Waals surface area (Å²) >= 11 is 0. The lowest BCUT2D eigenvalue weighted by Crippen LogP contribution is -2.30. The van der Waals surface area contributed by atoms with Crippen molar-refractivity contribution in [1.82, 2.24) is 15.1 Å². The first-order valence-corrected chi connectivity index (χ1v) is 8.81. The highest BCUT2D eigenvalue weighted by molar-refractivity contribution is 5.95. The molecular formula is C21H21N3O2. The van der Waals surface area contributed by atoms with E-state index in [-0.39, 0.29) is 11.9 Å². The molecule has 0 aliphatic carbocycles. The van der Waals surface area contributed by atoms with Gasteiger partial charge in [0.25, 0.3) is 5.91 Å². The van der Waals surface area contributed by atoms with Crippen LogP contribution in [-0.4, -0.2) is 34.7 Å². The van der Waals surface area contributed by atoms with Crippen molar-refractivity contribution in [3.05, 3.63) is 71.9 Å². The van der Waals surface area contributed by atoms with E-state index in [1.54, 1.807) is 13.3 Å². The second-order valence-electron chi connectivity index (χ2n) is 6.48. The Morgan fingerprint density at radius 2 is 2.04 bits per heavy atom. The first kappa shape index (κ1) is 16.4. The van der Waals surface area contributed by atoms with Crippen molar-refractivity contribution in [2.45, 2.75) is 18.9 Å². The highest BCUT2D eigenvalue weighted by Crippen LogP contribution is 2.34. The predicted molar refractivity (Wildman–Crippen MR) is 100 cm³/mol. The summed E-state index contributed by atoms with van der Waals surface area (Å²) in [6.07, 6.45) is 3.71. The molecule has 132 valence electrons. The molecule has 1 aromatic heterocycles. The van der Waals surface area contributed by atoms with E-state index in [0.29, 0.717) is 5.56 Å². The van der Waals surface area contributed by atoms with Crippen molar-refractivity contribution in [2.75, 3.05) is 13.7 Å². The van der Waals surface area contributed by atoms with Crippen LogP contribution in [0.2, 0.25) is 0 Å². The van der Waals surface area contributed by atoms with Crippen molar-refractivity contribution in [3.63, 3.8) is 0 Å². The lowest BCUT2D eigenvalue weighted by Gasteiger charge is -2.25. The monoisotopic (exact) mass is 347 g/mol. The first-order valence-electron chi connectivity index (χ1n) is 8.81. The van der Waals surface area contributed by atoms with E-state index in [2.05, 4.69) is 16.3 Å². The summed E-state index contributed by atoms with van der Waals surface area (Å²) in [5, 5.41) is 6.91. The van der Waals surface area contributed by atoms with Crippen molar-refractivity contribution in [2.24, 2.45) is 0 Å². The van der Waals surface area contributed by atoms with Gasteiger partial charge in [0.2, 0.25) is 0 Å². The van der Waals surface area contributed by atoms with Crippen molar-refractivity contribution in [1.29, 1.82) is 0 Å². The summed E-state index contributed by atoms with van der Waals surface area (Å²) in [4.78, 5) is 15.0. The quantitative estimate of drug-likeness (QED) is 0.774. The molecule has 26 heavy (non-hydrogen) atoms. The van der Waals surface area contributed by atoms with E-state index in [4.69, 9.17) is 4.74 Å². The highest BCUT2D eigenvalue weighted by atomic mass is 16.5. The minimum Gasteiger partial charge on any atom is -0.497 e. The van der Waals surface area contributed by atoms with Gasteiger partial charge in [-0.3, -0.25) is 9.89 Å². The fraction of sp³-hybridized carbons (Fsp3) is 0.238. The SMILES string of the molecule is COc1cccc(C2CCCN2C(=O)c2ccc(-c3ccn[nH]3)cc2)c1. The molecule has 3 aromatic rings. The van der Waals surface area contributed by atoms with Crippen molar-refractivity contribution < 1.29 is 9.53 Å². The summed E-state index contributed by atoms with van der Waals surface area (Å²) < 4.78 is 5.33. The third-order valence-corrected chi connectivity index (χ3v) is 4.94. The molecule has 5 nitrogen and oxygen atoms in total. The number of benzene rings is 2. The largest absolute Gasteiger partial charge is 0.497 e. The van der Waals surface area contributed by atoms with E-state index >= 15 is 0 Å². The zero-order chi connectivity index (χ0) is 17.9. The number of nitrogens with zero attached hydrogens (tertiary/aromatic N) is 2. The van der Waals surface area contributed by atoms with Crippen LogP contribution in [0.15, 0.2) is 60.8 Å². The normalized spacial score (nSPS) is 16.7. The van der Waals surface area contributed by atoms with Crippen LogP contribution < -0.4 is 4.74 Å². The van der Waals surface area contributed by atoms with Gasteiger partial charge >= 0.3 is 0 Å². The van der Waals surface area contributed by atoms with Crippen LogP contribution in [0.25, 0.3) is 11.3 Å². The number of ether oxygens (including phenoxy) is 1. The van der Waals surface area contributed by atoms with Gasteiger partial charge in [-0.1, -0.05) is 24.3 Å². The Morgan fingerprint density at radius 3 is 2.77 bits per heavy atom. The number of amides is 1. The Bertz CT molecular complexity index is 888. The number of H-pyrrole nitrogens is 1. The number of aromatic amines is 1. The number of hydrogen-bond donors (Lipinski definition) is 1. The number of aromatic nitrogens is 2. The van der Waals surface area contributed by atoms with Gasteiger partial charge in [-0.15, -0.1) is 0 Å². The molecule has 1 aliphatic heterocycles. The maximum Gasteiger partial charge on any atom is 0.254 e. The van der Waals surface area contributed by atoms with Crippen LogP contribution in [0.1, 0.15) is 34.8 Å². The van der Waals surface area contributed by atoms with Gasteiger partial charge in [0.05, 0.1) is 18.8 Å². The van der Waals surface area contributed by atoms with E-state index in [1.807, 2.05) is 53.4 Å². The Balaban J connectivity index is 1.56. The van der Waals surface area contributed by atoms with Crippen LogP contribution in [0.5, 0.6) is 5.75 Å². The first-order chi connectivity index (χ1) is 12.8. The molecule has 0 saturated carbocycles. The lowest BCUT2D eigenvalue weighted by atomic mass is 10.0. The smallest absolute Gasteiger partial charge is 0.254 e. The van der Waals surface area contributed by atoms with Gasteiger partial charge in [-0.05, 0) is 54.3 Å². The topological polar surface area (TPSA) is 58.2 Å². The molecule has 1 aliphatic rings. The number of carbonyl (C=O) groups is 1. The molecule has 0 bridgehead atoms. The van der Waals surface area contributed by atoms with Gasteiger partial charge in [0.1, 0.15) is 5.75 Å². The number of nitrogens with one attached hydrogen (secondary N) is 1. The number of likely N-dealkylation sites (tertiary alicyclic amines) is 1. The van der Waals surface area contributed by atoms with Gasteiger partial charge in [0, 0.05) is 18.3 Å². The van der Waals surface area contributed by atoms with E-state index in [9.17, 15) is 4.79 Å². The Kier molecular flexibility index (Phi) is 4.44. The average Bonchev–Trinajstić information content (AvgIpc) is 3.39. The zero-order valence-corrected chi connectivity index (χ0v) is 14.7. The van der Waals surface area contributed by atoms with E-state index in [1.165, 1.54) is 0 Å². The lowest BCUT2D eigenvalue weighted by molar-refractivity contribution is 0.0735. The fourth-order valence-electron chi connectivity index (χ4n) is 3.58. The summed E-state index contributed by atoms with van der Waals surface area (Å²) in [7, 11) is 1.66. The molecule has 2 heterocycles. The average molecular weight is 347 g/mol. The summed E-state index contributed by atoms with van der Waals surface area (Å²) in [6, 6.07) is 17.7. The van der Waals surface area contributed by atoms with Crippen molar-refractivity contribution >= 4 is 5.91 Å². The summed E-state index contributed by atoms with van der Waals surface area (Å²) in [5.74, 6) is 0.900. The molecule has 1 saturated heterocycles. The third-order valence-electron chi connectivity index (χ3n) is 4.94. The maximum atomic E-state index is 13.1. The second-order valence-corrected chi connectivity index (χ2v) is 6.48. The Labute approximate surface area is 152 Å². The number of methoxy groups -OCH3 is 1. The summed E-state index contributed by atoms with van der Waals surface area (Å²) in [5.41, 5.74) is 3.80. The molecule has 0 radical (unpaired) electrons. The third kappa shape index (κ3) is 3.08. The number of carbonyl (C=O) groups excluding carboxylic acids is 1. The van der Waals surface area contributed by atoms with Crippen LogP contribution >= 0.6 is 0 Å². The van der Waals surface area contributed by atoms with E-state index in [0.717, 1.165) is 42.0 Å². The fourth-order valence-corrected chi connectivity index (χ4v) is 3.58. The molecule has 1 atom stereocenters. The summed E-state index contributed by atoms with van der Waals surface area (Å²) in [6.45, 7) is 0.781.